The van der Waals surface area contributed by atoms with Crippen LogP contribution in [-0.2, 0) is 9.53 Å². The third kappa shape index (κ3) is 7.32. The summed E-state index contributed by atoms with van der Waals surface area (Å²) in [7, 11) is 0. The molecule has 0 aliphatic rings. The molecule has 0 amide bonds. The molecule has 1 atom stereocenters. The van der Waals surface area contributed by atoms with Gasteiger partial charge in [0, 0.05) is 0 Å². The van der Waals surface area contributed by atoms with Gasteiger partial charge in [-0.1, -0.05) is 38.7 Å². The molecule has 74 valence electrons. The number of hydrogen-bond donors (Lipinski definition) is 0. The molecule has 0 rings (SSSR count). The van der Waals surface area contributed by atoms with Gasteiger partial charge in [0.2, 0.25) is 0 Å². The van der Waals surface area contributed by atoms with E-state index in [9.17, 15) is 4.79 Å². The van der Waals surface area contributed by atoms with Crippen molar-refractivity contribution < 1.29 is 9.53 Å². The minimum absolute atomic E-state index is 0.159. The minimum atomic E-state index is -0.159. The summed E-state index contributed by atoms with van der Waals surface area (Å²) in [5.74, 6) is 0.102. The zero-order chi connectivity index (χ0) is 10.1. The maximum absolute atomic E-state index is 11.1. The highest BCUT2D eigenvalue weighted by atomic mass is 16.5. The monoisotopic (exact) mass is 182 g/mol. The molecule has 0 aliphatic carbocycles. The van der Waals surface area contributed by atoms with E-state index in [1.165, 1.54) is 0 Å². The molecule has 2 nitrogen and oxygen atoms in total. The van der Waals surface area contributed by atoms with Crippen LogP contribution >= 0.6 is 0 Å². The Morgan fingerprint density at radius 2 is 2.31 bits per heavy atom. The van der Waals surface area contributed by atoms with Crippen molar-refractivity contribution in [3.05, 3.63) is 24.8 Å². The van der Waals surface area contributed by atoms with E-state index >= 15 is 0 Å². The number of esters is 1. The van der Waals surface area contributed by atoms with Crippen LogP contribution in [0.2, 0.25) is 0 Å². The van der Waals surface area contributed by atoms with E-state index in [4.69, 9.17) is 4.74 Å². The molecule has 0 bridgehead atoms. The van der Waals surface area contributed by atoms with Crippen LogP contribution in [0.1, 0.15) is 26.7 Å². The third-order valence-electron chi connectivity index (χ3n) is 1.55. The Labute approximate surface area is 80.3 Å². The molecule has 0 aromatic carbocycles. The SMILES string of the molecule is C=CCOC(=O)C[C@@H](C)C=CCC. The molecule has 0 radical (unpaired) electrons. The quantitative estimate of drug-likeness (QED) is 0.466. The maximum atomic E-state index is 11.1. The average molecular weight is 182 g/mol. The highest BCUT2D eigenvalue weighted by molar-refractivity contribution is 5.69. The molecule has 0 aromatic rings. The van der Waals surface area contributed by atoms with E-state index in [1.54, 1.807) is 6.08 Å². The van der Waals surface area contributed by atoms with E-state index in [0.29, 0.717) is 13.0 Å². The second kappa shape index (κ2) is 7.59. The Morgan fingerprint density at radius 1 is 1.62 bits per heavy atom. The van der Waals surface area contributed by atoms with Gasteiger partial charge < -0.3 is 4.74 Å². The fourth-order valence-corrected chi connectivity index (χ4v) is 0.910. The Bertz CT molecular complexity index is 183. The van der Waals surface area contributed by atoms with E-state index < -0.39 is 0 Å². The van der Waals surface area contributed by atoms with Crippen molar-refractivity contribution >= 4 is 5.97 Å². The Kier molecular flexibility index (Phi) is 6.98. The topological polar surface area (TPSA) is 26.3 Å². The molecule has 13 heavy (non-hydrogen) atoms. The number of rotatable bonds is 6. The van der Waals surface area contributed by atoms with Crippen LogP contribution in [0.3, 0.4) is 0 Å². The highest BCUT2D eigenvalue weighted by Gasteiger charge is 2.05. The zero-order valence-corrected chi connectivity index (χ0v) is 8.45. The second-order valence-electron chi connectivity index (χ2n) is 2.99. The molecule has 0 aromatic heterocycles. The van der Waals surface area contributed by atoms with Crippen LogP contribution in [0.4, 0.5) is 0 Å². The first-order valence-electron chi connectivity index (χ1n) is 4.63. The van der Waals surface area contributed by atoms with Crippen molar-refractivity contribution in [3.8, 4) is 0 Å². The van der Waals surface area contributed by atoms with Crippen molar-refractivity contribution in [3.63, 3.8) is 0 Å². The molecule has 2 heteroatoms. The summed E-state index contributed by atoms with van der Waals surface area (Å²) in [4.78, 5) is 11.1. The van der Waals surface area contributed by atoms with Gasteiger partial charge in [0.25, 0.3) is 0 Å². The van der Waals surface area contributed by atoms with E-state index in [2.05, 4.69) is 19.6 Å². The van der Waals surface area contributed by atoms with Crippen LogP contribution in [0.15, 0.2) is 24.8 Å². The van der Waals surface area contributed by atoms with Gasteiger partial charge in [-0.2, -0.15) is 0 Å². The largest absolute Gasteiger partial charge is 0.461 e. The van der Waals surface area contributed by atoms with E-state index in [-0.39, 0.29) is 11.9 Å². The predicted octanol–water partition coefficient (Wildman–Crippen LogP) is 2.71. The first-order chi connectivity index (χ1) is 6.20. The molecule has 0 aliphatic heterocycles. The van der Waals surface area contributed by atoms with Crippen LogP contribution in [0.5, 0.6) is 0 Å². The van der Waals surface area contributed by atoms with Crippen LogP contribution < -0.4 is 0 Å². The number of carbonyl (C=O) groups is 1. The fraction of sp³-hybridized carbons (Fsp3) is 0.545. The summed E-state index contributed by atoms with van der Waals surface area (Å²) in [6.45, 7) is 7.85. The van der Waals surface area contributed by atoms with Crippen LogP contribution in [0, 0.1) is 5.92 Å². The van der Waals surface area contributed by atoms with Gasteiger partial charge in [0.15, 0.2) is 0 Å². The Morgan fingerprint density at radius 3 is 2.85 bits per heavy atom. The normalized spacial score (nSPS) is 12.8. The van der Waals surface area contributed by atoms with Crippen molar-refractivity contribution in [2.75, 3.05) is 6.61 Å². The summed E-state index contributed by atoms with van der Waals surface area (Å²) in [5, 5.41) is 0. The summed E-state index contributed by atoms with van der Waals surface area (Å²) in [6, 6.07) is 0. The van der Waals surface area contributed by atoms with Gasteiger partial charge >= 0.3 is 5.97 Å². The van der Waals surface area contributed by atoms with Gasteiger partial charge in [0.1, 0.15) is 6.61 Å². The number of allylic oxidation sites excluding steroid dienone is 2. The first kappa shape index (κ1) is 11.9. The van der Waals surface area contributed by atoms with Gasteiger partial charge in [-0.25, -0.2) is 0 Å². The summed E-state index contributed by atoms with van der Waals surface area (Å²) >= 11 is 0. The zero-order valence-electron chi connectivity index (χ0n) is 8.45. The Hall–Kier alpha value is -1.05. The molecule has 0 heterocycles. The van der Waals surface area contributed by atoms with Crippen molar-refractivity contribution in [2.45, 2.75) is 26.7 Å². The smallest absolute Gasteiger partial charge is 0.306 e. The standard InChI is InChI=1S/C11H18O2/c1-4-6-7-10(3)9-11(12)13-8-5-2/h5-7,10H,2,4,8-9H2,1,3H3/t10-/m0/s1. The van der Waals surface area contributed by atoms with Gasteiger partial charge in [-0.15, -0.1) is 0 Å². The lowest BCUT2D eigenvalue weighted by atomic mass is 10.1. The van der Waals surface area contributed by atoms with Crippen LogP contribution in [-0.4, -0.2) is 12.6 Å². The summed E-state index contributed by atoms with van der Waals surface area (Å²) in [5.41, 5.74) is 0. The van der Waals surface area contributed by atoms with Crippen molar-refractivity contribution in [1.82, 2.24) is 0 Å². The third-order valence-corrected chi connectivity index (χ3v) is 1.55. The molecule has 0 fully saturated rings. The number of carbonyl (C=O) groups excluding carboxylic acids is 1. The molecule has 0 saturated heterocycles. The van der Waals surface area contributed by atoms with E-state index in [0.717, 1.165) is 6.42 Å². The molecular weight excluding hydrogens is 164 g/mol. The van der Waals surface area contributed by atoms with Gasteiger partial charge in [-0.05, 0) is 12.3 Å². The van der Waals surface area contributed by atoms with Gasteiger partial charge in [0.05, 0.1) is 6.42 Å². The first-order valence-corrected chi connectivity index (χ1v) is 4.63. The number of ether oxygens (including phenoxy) is 1. The van der Waals surface area contributed by atoms with E-state index in [1.807, 2.05) is 13.0 Å². The van der Waals surface area contributed by atoms with Crippen molar-refractivity contribution in [1.29, 1.82) is 0 Å². The maximum Gasteiger partial charge on any atom is 0.306 e. The summed E-state index contributed by atoms with van der Waals surface area (Å²) in [6.07, 6.45) is 7.13. The lowest BCUT2D eigenvalue weighted by Gasteiger charge is -2.05. The summed E-state index contributed by atoms with van der Waals surface area (Å²) < 4.78 is 4.85. The lowest BCUT2D eigenvalue weighted by Crippen LogP contribution is -2.08. The Balaban J connectivity index is 3.64. The second-order valence-corrected chi connectivity index (χ2v) is 2.99. The number of hydrogen-bond acceptors (Lipinski definition) is 2. The molecule has 0 spiro atoms. The molecule has 0 unspecified atom stereocenters. The lowest BCUT2D eigenvalue weighted by molar-refractivity contribution is -0.143. The fourth-order valence-electron chi connectivity index (χ4n) is 0.910. The van der Waals surface area contributed by atoms with Crippen molar-refractivity contribution in [2.24, 2.45) is 5.92 Å². The van der Waals surface area contributed by atoms with Crippen LogP contribution in [0.25, 0.3) is 0 Å². The molecule has 0 N–H and O–H groups in total. The van der Waals surface area contributed by atoms with Gasteiger partial charge in [-0.3, -0.25) is 4.79 Å². The predicted molar refractivity (Wildman–Crippen MR) is 54.4 cm³/mol. The molecule has 0 saturated carbocycles. The highest BCUT2D eigenvalue weighted by Crippen LogP contribution is 2.05. The minimum Gasteiger partial charge on any atom is -0.461 e. The average Bonchev–Trinajstić information content (AvgIpc) is 2.11. The molecular formula is C11H18O2.